The summed E-state index contributed by atoms with van der Waals surface area (Å²) in [6.07, 6.45) is 1.11. The average molecular weight is 214 g/mol. The maximum absolute atomic E-state index is 3.17. The molecule has 1 aromatic rings. The predicted octanol–water partition coefficient (Wildman–Crippen LogP) is 2.65. The second-order valence-corrected chi connectivity index (χ2v) is 3.04. The first kappa shape index (κ1) is 8.75. The van der Waals surface area contributed by atoms with E-state index in [1.165, 1.54) is 11.1 Å². The summed E-state index contributed by atoms with van der Waals surface area (Å²) in [5, 5.41) is 0. The quantitative estimate of drug-likeness (QED) is 0.762. The molecule has 0 heterocycles. The molecule has 1 rings (SSSR count). The summed E-state index contributed by atoms with van der Waals surface area (Å²) in [5.41, 5.74) is 2.70. The Labute approximate surface area is 76.2 Å². The van der Waals surface area contributed by atoms with Crippen LogP contribution in [0.5, 0.6) is 0 Å². The van der Waals surface area contributed by atoms with Gasteiger partial charge in [0.2, 0.25) is 0 Å². The standard InChI is InChI=1S/C9H12BrN/c1-2-8-3-5-9(6-4-8)7-11-10/h3-6,11H,2,7H2,1H3. The lowest BCUT2D eigenvalue weighted by Crippen LogP contribution is -1.96. The van der Waals surface area contributed by atoms with Crippen molar-refractivity contribution < 1.29 is 0 Å². The van der Waals surface area contributed by atoms with E-state index in [4.69, 9.17) is 0 Å². The molecule has 0 radical (unpaired) electrons. The van der Waals surface area contributed by atoms with E-state index in [2.05, 4.69) is 51.7 Å². The Balaban J connectivity index is 2.66. The van der Waals surface area contributed by atoms with E-state index < -0.39 is 0 Å². The lowest BCUT2D eigenvalue weighted by molar-refractivity contribution is 0.990. The molecule has 0 bridgehead atoms. The SMILES string of the molecule is CCc1ccc(CNBr)cc1. The predicted molar refractivity (Wildman–Crippen MR) is 51.6 cm³/mol. The van der Waals surface area contributed by atoms with Gasteiger partial charge in [0.25, 0.3) is 0 Å². The van der Waals surface area contributed by atoms with Crippen molar-refractivity contribution in [3.8, 4) is 0 Å². The summed E-state index contributed by atoms with van der Waals surface area (Å²) in [7, 11) is 0. The van der Waals surface area contributed by atoms with Crippen molar-refractivity contribution in [3.63, 3.8) is 0 Å². The molecule has 0 aliphatic carbocycles. The highest BCUT2D eigenvalue weighted by Gasteiger charge is 1.90. The van der Waals surface area contributed by atoms with Gasteiger partial charge in [-0.1, -0.05) is 31.2 Å². The summed E-state index contributed by atoms with van der Waals surface area (Å²) in [4.78, 5) is 0. The van der Waals surface area contributed by atoms with Crippen LogP contribution in [0.25, 0.3) is 0 Å². The van der Waals surface area contributed by atoms with Gasteiger partial charge in [-0.2, -0.15) is 0 Å². The maximum Gasteiger partial charge on any atom is 0.0312 e. The third-order valence-electron chi connectivity index (χ3n) is 1.70. The van der Waals surface area contributed by atoms with Gasteiger partial charge in [-0.25, -0.2) is 0 Å². The molecule has 1 aromatic carbocycles. The van der Waals surface area contributed by atoms with Gasteiger partial charge in [0.15, 0.2) is 0 Å². The van der Waals surface area contributed by atoms with Crippen LogP contribution in [0.3, 0.4) is 0 Å². The first-order valence-electron chi connectivity index (χ1n) is 3.78. The van der Waals surface area contributed by atoms with E-state index in [-0.39, 0.29) is 0 Å². The highest BCUT2D eigenvalue weighted by molar-refractivity contribution is 9.08. The number of rotatable bonds is 3. The van der Waals surface area contributed by atoms with Crippen LogP contribution in [-0.2, 0) is 13.0 Å². The van der Waals surface area contributed by atoms with Gasteiger partial charge in [-0.05, 0) is 17.5 Å². The van der Waals surface area contributed by atoms with Gasteiger partial charge >= 0.3 is 0 Å². The molecular weight excluding hydrogens is 202 g/mol. The number of aryl methyl sites for hydroxylation is 1. The smallest absolute Gasteiger partial charge is 0.0312 e. The molecule has 0 aromatic heterocycles. The van der Waals surface area contributed by atoms with Crippen LogP contribution in [0, 0.1) is 0 Å². The lowest BCUT2D eigenvalue weighted by atomic mass is 10.1. The lowest BCUT2D eigenvalue weighted by Gasteiger charge is -1.99. The van der Waals surface area contributed by atoms with Crippen LogP contribution in [0.2, 0.25) is 0 Å². The zero-order valence-electron chi connectivity index (χ0n) is 6.60. The van der Waals surface area contributed by atoms with Crippen molar-refractivity contribution >= 4 is 16.1 Å². The number of hydrogen-bond acceptors (Lipinski definition) is 1. The molecule has 60 valence electrons. The first-order valence-corrected chi connectivity index (χ1v) is 4.57. The van der Waals surface area contributed by atoms with E-state index in [1.807, 2.05) is 0 Å². The Kier molecular flexibility index (Phi) is 3.60. The van der Waals surface area contributed by atoms with Crippen molar-refractivity contribution in [2.75, 3.05) is 0 Å². The second-order valence-electron chi connectivity index (χ2n) is 2.48. The van der Waals surface area contributed by atoms with Crippen LogP contribution in [-0.4, -0.2) is 0 Å². The van der Waals surface area contributed by atoms with E-state index in [0.717, 1.165) is 13.0 Å². The van der Waals surface area contributed by atoms with Crippen LogP contribution >= 0.6 is 16.1 Å². The number of nitrogens with one attached hydrogen (secondary N) is 1. The topological polar surface area (TPSA) is 12.0 Å². The zero-order chi connectivity index (χ0) is 8.10. The van der Waals surface area contributed by atoms with E-state index in [1.54, 1.807) is 0 Å². The molecule has 2 heteroatoms. The summed E-state index contributed by atoms with van der Waals surface area (Å²) in [6, 6.07) is 8.62. The van der Waals surface area contributed by atoms with E-state index >= 15 is 0 Å². The van der Waals surface area contributed by atoms with Crippen molar-refractivity contribution in [2.24, 2.45) is 0 Å². The Morgan fingerprint density at radius 3 is 2.18 bits per heavy atom. The normalized spacial score (nSPS) is 10.0. The summed E-state index contributed by atoms with van der Waals surface area (Å²) >= 11 is 3.17. The minimum Gasteiger partial charge on any atom is -0.251 e. The van der Waals surface area contributed by atoms with Gasteiger partial charge in [-0.3, -0.25) is 4.34 Å². The van der Waals surface area contributed by atoms with Crippen LogP contribution in [0.4, 0.5) is 0 Å². The van der Waals surface area contributed by atoms with Crippen molar-refractivity contribution in [2.45, 2.75) is 19.9 Å². The highest BCUT2D eigenvalue weighted by Crippen LogP contribution is 2.04. The molecule has 0 saturated carbocycles. The molecule has 0 atom stereocenters. The maximum atomic E-state index is 3.17. The van der Waals surface area contributed by atoms with Gasteiger partial charge in [0, 0.05) is 22.7 Å². The Bertz CT molecular complexity index is 205. The van der Waals surface area contributed by atoms with E-state index in [0.29, 0.717) is 0 Å². The van der Waals surface area contributed by atoms with Crippen molar-refractivity contribution in [1.29, 1.82) is 0 Å². The number of halogens is 1. The molecule has 11 heavy (non-hydrogen) atoms. The summed E-state index contributed by atoms with van der Waals surface area (Å²) in [5.74, 6) is 0. The van der Waals surface area contributed by atoms with Gasteiger partial charge in [0.1, 0.15) is 0 Å². The largest absolute Gasteiger partial charge is 0.251 e. The molecule has 0 amide bonds. The summed E-state index contributed by atoms with van der Waals surface area (Å²) in [6.45, 7) is 3.04. The molecule has 0 aliphatic heterocycles. The first-order chi connectivity index (χ1) is 5.36. The molecule has 0 aliphatic rings. The fourth-order valence-corrected chi connectivity index (χ4v) is 1.29. The Morgan fingerprint density at radius 2 is 1.73 bits per heavy atom. The Hall–Kier alpha value is -0.340. The van der Waals surface area contributed by atoms with Crippen LogP contribution < -0.4 is 4.34 Å². The number of benzene rings is 1. The van der Waals surface area contributed by atoms with Gasteiger partial charge in [0.05, 0.1) is 0 Å². The van der Waals surface area contributed by atoms with E-state index in [9.17, 15) is 0 Å². The average Bonchev–Trinajstić information content (AvgIpc) is 2.07. The molecule has 0 fully saturated rings. The fraction of sp³-hybridized carbons (Fsp3) is 0.333. The second kappa shape index (κ2) is 4.52. The molecule has 0 spiro atoms. The Morgan fingerprint density at radius 1 is 1.18 bits per heavy atom. The monoisotopic (exact) mass is 213 g/mol. The van der Waals surface area contributed by atoms with Crippen LogP contribution in [0.1, 0.15) is 18.1 Å². The molecular formula is C9H12BrN. The summed E-state index contributed by atoms with van der Waals surface area (Å²) < 4.78 is 2.93. The molecule has 1 nitrogen and oxygen atoms in total. The molecule has 0 unspecified atom stereocenters. The third-order valence-corrected chi connectivity index (χ3v) is 1.98. The minimum absolute atomic E-state index is 0.879. The van der Waals surface area contributed by atoms with Gasteiger partial charge in [-0.15, -0.1) is 0 Å². The molecule has 1 N–H and O–H groups in total. The van der Waals surface area contributed by atoms with Gasteiger partial charge < -0.3 is 0 Å². The fourth-order valence-electron chi connectivity index (χ4n) is 0.970. The van der Waals surface area contributed by atoms with Crippen molar-refractivity contribution in [1.82, 2.24) is 4.34 Å². The van der Waals surface area contributed by atoms with Crippen LogP contribution in [0.15, 0.2) is 24.3 Å². The molecule has 0 saturated heterocycles. The highest BCUT2D eigenvalue weighted by atomic mass is 79.9. The number of hydrogen-bond donors (Lipinski definition) is 1. The van der Waals surface area contributed by atoms with Crippen molar-refractivity contribution in [3.05, 3.63) is 35.4 Å². The minimum atomic E-state index is 0.879. The third kappa shape index (κ3) is 2.64. The zero-order valence-corrected chi connectivity index (χ0v) is 8.19.